The van der Waals surface area contributed by atoms with E-state index in [9.17, 15) is 9.59 Å². The standard InChI is InChI=1S/C19H27N3O2/c1-14-7-9-16(10-8-14)12-21(3)13-22-17(23)19(20-18(22)24)11-5-4-6-15(19)2/h7-10,15H,4-6,11-13H2,1-3H3,(H,20,24)/t15-,19+/m0/s1. The summed E-state index contributed by atoms with van der Waals surface area (Å²) in [4.78, 5) is 28.7. The van der Waals surface area contributed by atoms with Gasteiger partial charge in [0.15, 0.2) is 0 Å². The molecular weight excluding hydrogens is 302 g/mol. The van der Waals surface area contributed by atoms with Crippen molar-refractivity contribution in [3.05, 3.63) is 35.4 Å². The van der Waals surface area contributed by atoms with Crippen LogP contribution in [0.2, 0.25) is 0 Å². The Bertz CT molecular complexity index is 628. The first kappa shape index (κ1) is 17.0. The van der Waals surface area contributed by atoms with Gasteiger partial charge in [0.1, 0.15) is 5.54 Å². The van der Waals surface area contributed by atoms with Crippen LogP contribution >= 0.6 is 0 Å². The summed E-state index contributed by atoms with van der Waals surface area (Å²) in [5.74, 6) is 0.158. The second kappa shape index (κ2) is 6.55. The van der Waals surface area contributed by atoms with Crippen LogP contribution in [0.15, 0.2) is 24.3 Å². The van der Waals surface area contributed by atoms with E-state index in [0.29, 0.717) is 13.2 Å². The summed E-state index contributed by atoms with van der Waals surface area (Å²) in [6.07, 6.45) is 3.90. The molecule has 5 nitrogen and oxygen atoms in total. The van der Waals surface area contributed by atoms with Gasteiger partial charge in [-0.2, -0.15) is 0 Å². The molecule has 1 saturated carbocycles. The first-order chi connectivity index (χ1) is 11.4. The lowest BCUT2D eigenvalue weighted by Crippen LogP contribution is -2.54. The molecule has 3 rings (SSSR count). The van der Waals surface area contributed by atoms with Crippen molar-refractivity contribution < 1.29 is 9.59 Å². The van der Waals surface area contributed by atoms with E-state index in [4.69, 9.17) is 0 Å². The molecule has 1 spiro atoms. The molecule has 0 radical (unpaired) electrons. The first-order valence-electron chi connectivity index (χ1n) is 8.80. The first-order valence-corrected chi connectivity index (χ1v) is 8.80. The van der Waals surface area contributed by atoms with E-state index >= 15 is 0 Å². The third-order valence-corrected chi connectivity index (χ3v) is 5.46. The summed E-state index contributed by atoms with van der Waals surface area (Å²) in [5.41, 5.74) is 1.74. The molecule has 1 aromatic carbocycles. The van der Waals surface area contributed by atoms with Gasteiger partial charge in [0.25, 0.3) is 5.91 Å². The van der Waals surface area contributed by atoms with Crippen LogP contribution in [0.1, 0.15) is 43.7 Å². The van der Waals surface area contributed by atoms with Crippen molar-refractivity contribution >= 4 is 11.9 Å². The molecule has 3 amide bonds. The second-order valence-corrected chi connectivity index (χ2v) is 7.42. The van der Waals surface area contributed by atoms with Crippen LogP contribution in [-0.2, 0) is 11.3 Å². The normalized spacial score (nSPS) is 27.2. The van der Waals surface area contributed by atoms with Gasteiger partial charge in [0, 0.05) is 6.54 Å². The van der Waals surface area contributed by atoms with E-state index in [1.807, 2.05) is 11.9 Å². The van der Waals surface area contributed by atoms with Crippen LogP contribution in [0.3, 0.4) is 0 Å². The Morgan fingerprint density at radius 3 is 2.62 bits per heavy atom. The zero-order valence-corrected chi connectivity index (χ0v) is 14.8. The molecule has 1 N–H and O–H groups in total. The van der Waals surface area contributed by atoms with Crippen molar-refractivity contribution in [2.24, 2.45) is 5.92 Å². The maximum atomic E-state index is 13.0. The SMILES string of the molecule is Cc1ccc(CN(C)CN2C(=O)N[C@@]3(CCCC[C@@H]3C)C2=O)cc1. The highest BCUT2D eigenvalue weighted by Gasteiger charge is 2.54. The fourth-order valence-corrected chi connectivity index (χ4v) is 3.92. The second-order valence-electron chi connectivity index (χ2n) is 7.42. The molecule has 1 aliphatic carbocycles. The predicted octanol–water partition coefficient (Wildman–Crippen LogP) is 2.89. The molecule has 0 aromatic heterocycles. The summed E-state index contributed by atoms with van der Waals surface area (Å²) in [6.45, 7) is 5.18. The minimum absolute atomic E-state index is 0.0459. The van der Waals surface area contributed by atoms with Gasteiger partial charge in [-0.25, -0.2) is 9.69 Å². The van der Waals surface area contributed by atoms with E-state index < -0.39 is 5.54 Å². The highest BCUT2D eigenvalue weighted by molar-refractivity contribution is 6.07. The van der Waals surface area contributed by atoms with Crippen LogP contribution in [0, 0.1) is 12.8 Å². The average molecular weight is 329 g/mol. The number of hydrogen-bond acceptors (Lipinski definition) is 3. The quantitative estimate of drug-likeness (QED) is 0.864. The Morgan fingerprint density at radius 2 is 1.96 bits per heavy atom. The van der Waals surface area contributed by atoms with Crippen LogP contribution in [-0.4, -0.2) is 41.0 Å². The average Bonchev–Trinajstić information content (AvgIpc) is 2.78. The van der Waals surface area contributed by atoms with Crippen LogP contribution < -0.4 is 5.32 Å². The highest BCUT2D eigenvalue weighted by Crippen LogP contribution is 2.38. The maximum absolute atomic E-state index is 13.0. The molecule has 1 saturated heterocycles. The summed E-state index contributed by atoms with van der Waals surface area (Å²) >= 11 is 0. The lowest BCUT2D eigenvalue weighted by atomic mass is 9.73. The van der Waals surface area contributed by atoms with Gasteiger partial charge in [-0.05, 0) is 38.3 Å². The maximum Gasteiger partial charge on any atom is 0.326 e. The highest BCUT2D eigenvalue weighted by atomic mass is 16.2. The van der Waals surface area contributed by atoms with Crippen molar-refractivity contribution in [2.75, 3.05) is 13.7 Å². The van der Waals surface area contributed by atoms with Gasteiger partial charge in [0.2, 0.25) is 0 Å². The van der Waals surface area contributed by atoms with E-state index in [0.717, 1.165) is 25.7 Å². The number of rotatable bonds is 4. The van der Waals surface area contributed by atoms with E-state index in [2.05, 4.69) is 43.4 Å². The zero-order chi connectivity index (χ0) is 17.3. The van der Waals surface area contributed by atoms with E-state index in [1.54, 1.807) is 0 Å². The van der Waals surface area contributed by atoms with Crippen LogP contribution in [0.4, 0.5) is 4.79 Å². The molecule has 2 fully saturated rings. The molecule has 0 unspecified atom stereocenters. The van der Waals surface area contributed by atoms with Crippen molar-refractivity contribution in [1.29, 1.82) is 0 Å². The summed E-state index contributed by atoms with van der Waals surface area (Å²) in [5, 5.41) is 3.01. The van der Waals surface area contributed by atoms with Crippen LogP contribution in [0.25, 0.3) is 0 Å². The number of benzene rings is 1. The van der Waals surface area contributed by atoms with Crippen molar-refractivity contribution in [1.82, 2.24) is 15.1 Å². The number of hydrogen-bond donors (Lipinski definition) is 1. The number of carbonyl (C=O) groups is 2. The Labute approximate surface area is 144 Å². The lowest BCUT2D eigenvalue weighted by molar-refractivity contribution is -0.135. The monoisotopic (exact) mass is 329 g/mol. The summed E-state index contributed by atoms with van der Waals surface area (Å²) in [7, 11) is 1.94. The fourth-order valence-electron chi connectivity index (χ4n) is 3.92. The Kier molecular flexibility index (Phi) is 4.63. The van der Waals surface area contributed by atoms with Crippen LogP contribution in [0.5, 0.6) is 0 Å². The molecule has 5 heteroatoms. The molecule has 1 heterocycles. The molecule has 130 valence electrons. The van der Waals surface area contributed by atoms with E-state index in [1.165, 1.54) is 16.0 Å². The zero-order valence-electron chi connectivity index (χ0n) is 14.8. The van der Waals surface area contributed by atoms with Gasteiger partial charge in [-0.1, -0.05) is 49.6 Å². The number of urea groups is 1. The Hall–Kier alpha value is -1.88. The van der Waals surface area contributed by atoms with Gasteiger partial charge in [-0.15, -0.1) is 0 Å². The van der Waals surface area contributed by atoms with Gasteiger partial charge >= 0.3 is 6.03 Å². The molecule has 1 aliphatic heterocycles. The summed E-state index contributed by atoms with van der Waals surface area (Å²) in [6, 6.07) is 8.08. The number of carbonyl (C=O) groups excluding carboxylic acids is 2. The minimum atomic E-state index is -0.667. The number of amides is 3. The lowest BCUT2D eigenvalue weighted by Gasteiger charge is -2.37. The molecule has 2 atom stereocenters. The topological polar surface area (TPSA) is 52.6 Å². The van der Waals surface area contributed by atoms with Crippen molar-refractivity contribution in [2.45, 2.75) is 51.6 Å². The third-order valence-electron chi connectivity index (χ3n) is 5.46. The van der Waals surface area contributed by atoms with E-state index in [-0.39, 0.29) is 17.9 Å². The smallest absolute Gasteiger partial charge is 0.323 e. The van der Waals surface area contributed by atoms with Crippen molar-refractivity contribution in [3.8, 4) is 0 Å². The van der Waals surface area contributed by atoms with Gasteiger partial charge in [0.05, 0.1) is 6.67 Å². The predicted molar refractivity (Wildman–Crippen MR) is 93.3 cm³/mol. The number of imide groups is 1. The fraction of sp³-hybridized carbons (Fsp3) is 0.579. The Morgan fingerprint density at radius 1 is 1.25 bits per heavy atom. The molecule has 1 aromatic rings. The number of nitrogens with zero attached hydrogens (tertiary/aromatic N) is 2. The number of aryl methyl sites for hydroxylation is 1. The summed E-state index contributed by atoms with van der Waals surface area (Å²) < 4.78 is 0. The molecular formula is C19H27N3O2. The molecule has 24 heavy (non-hydrogen) atoms. The largest absolute Gasteiger partial charge is 0.326 e. The van der Waals surface area contributed by atoms with Gasteiger partial charge in [-0.3, -0.25) is 9.69 Å². The molecule has 2 aliphatic rings. The number of nitrogens with one attached hydrogen (secondary N) is 1. The minimum Gasteiger partial charge on any atom is -0.323 e. The third kappa shape index (κ3) is 3.05. The Balaban J connectivity index is 1.67. The van der Waals surface area contributed by atoms with Gasteiger partial charge < -0.3 is 5.32 Å². The molecule has 0 bridgehead atoms. The van der Waals surface area contributed by atoms with Crippen molar-refractivity contribution in [3.63, 3.8) is 0 Å².